The third-order valence-electron chi connectivity index (χ3n) is 7.40. The Morgan fingerprint density at radius 1 is 0.860 bits per heavy atom. The Labute approximate surface area is 291 Å². The highest BCUT2D eigenvalue weighted by Gasteiger charge is 2.24. The van der Waals surface area contributed by atoms with E-state index in [0.29, 0.717) is 46.1 Å². The number of pyridine rings is 1. The second kappa shape index (κ2) is 15.2. The molecule has 3 aromatic carbocycles. The van der Waals surface area contributed by atoms with Gasteiger partial charge in [0, 0.05) is 47.7 Å². The number of nitrogens with two attached hydrogens (primary N) is 1. The number of nitrogens with zero attached hydrogens (tertiary/aromatic N) is 2. The van der Waals surface area contributed by atoms with Crippen molar-refractivity contribution in [2.75, 3.05) is 38.8 Å². The van der Waals surface area contributed by atoms with Crippen molar-refractivity contribution in [1.29, 1.82) is 0 Å². The van der Waals surface area contributed by atoms with Crippen LogP contribution in [0.4, 0.5) is 5.69 Å². The van der Waals surface area contributed by atoms with Crippen molar-refractivity contribution in [2.24, 2.45) is 7.05 Å². The van der Waals surface area contributed by atoms with Crippen LogP contribution in [-0.4, -0.2) is 61.6 Å². The number of benzene rings is 3. The van der Waals surface area contributed by atoms with E-state index in [1.807, 2.05) is 6.92 Å². The minimum Gasteiger partial charge on any atom is -0.491 e. The Bertz CT molecular complexity index is 2150. The lowest BCUT2D eigenvalue weighted by molar-refractivity contribution is -0.160. The zero-order valence-corrected chi connectivity index (χ0v) is 29.5. The molecule has 13 heteroatoms. The predicted molar refractivity (Wildman–Crippen MR) is 190 cm³/mol. The van der Waals surface area contributed by atoms with E-state index in [-0.39, 0.29) is 36.8 Å². The van der Waals surface area contributed by atoms with E-state index < -0.39 is 27.2 Å². The van der Waals surface area contributed by atoms with Crippen molar-refractivity contribution in [3.63, 3.8) is 0 Å². The number of carbonyl (C=O) groups is 1. The SMILES string of the molecule is Cc1ccc(S(=O)(=O)n2ccc3c(-c4cc(N)ccc4Oc4cccc(OCCOCCOCC(=O)OC(C)(C)C)c4)cn(C)c(=O)c32)cc1. The van der Waals surface area contributed by atoms with Gasteiger partial charge in [0.15, 0.2) is 0 Å². The molecule has 0 fully saturated rings. The van der Waals surface area contributed by atoms with Gasteiger partial charge in [-0.15, -0.1) is 0 Å². The first-order valence-electron chi connectivity index (χ1n) is 15.9. The molecular weight excluding hydrogens is 662 g/mol. The Morgan fingerprint density at radius 2 is 1.56 bits per heavy atom. The van der Waals surface area contributed by atoms with Gasteiger partial charge in [-0.05, 0) is 76.2 Å². The van der Waals surface area contributed by atoms with E-state index in [2.05, 4.69) is 0 Å². The van der Waals surface area contributed by atoms with E-state index >= 15 is 0 Å². The molecule has 5 rings (SSSR count). The van der Waals surface area contributed by atoms with E-state index in [4.69, 9.17) is 29.4 Å². The fourth-order valence-corrected chi connectivity index (χ4v) is 6.48. The van der Waals surface area contributed by atoms with Crippen LogP contribution in [0.2, 0.25) is 0 Å². The molecule has 2 heterocycles. The van der Waals surface area contributed by atoms with Crippen molar-refractivity contribution < 1.29 is 36.9 Å². The highest BCUT2D eigenvalue weighted by atomic mass is 32.2. The summed E-state index contributed by atoms with van der Waals surface area (Å²) in [6.45, 7) is 8.19. The Hall–Kier alpha value is -5.11. The molecule has 0 aliphatic rings. The average molecular weight is 704 g/mol. The number of aromatic nitrogens is 2. The number of nitrogen functional groups attached to an aromatic ring is 1. The maximum atomic E-state index is 13.7. The summed E-state index contributed by atoms with van der Waals surface area (Å²) in [5.41, 5.74) is 7.66. The van der Waals surface area contributed by atoms with Gasteiger partial charge in [0.25, 0.3) is 15.6 Å². The van der Waals surface area contributed by atoms with Crippen LogP contribution < -0.4 is 20.8 Å². The van der Waals surface area contributed by atoms with Crippen molar-refractivity contribution in [1.82, 2.24) is 8.54 Å². The molecule has 0 bridgehead atoms. The second-order valence-corrected chi connectivity index (χ2v) is 14.4. The van der Waals surface area contributed by atoms with Crippen molar-refractivity contribution in [2.45, 2.75) is 38.2 Å². The fourth-order valence-electron chi connectivity index (χ4n) is 5.14. The number of carbonyl (C=O) groups excluding carboxylic acids is 1. The summed E-state index contributed by atoms with van der Waals surface area (Å²) in [6, 6.07) is 20.3. The minimum atomic E-state index is -4.07. The molecule has 0 amide bonds. The van der Waals surface area contributed by atoms with Gasteiger partial charge in [-0.25, -0.2) is 17.2 Å². The van der Waals surface area contributed by atoms with Gasteiger partial charge >= 0.3 is 5.97 Å². The second-order valence-electron chi connectivity index (χ2n) is 12.6. The summed E-state index contributed by atoms with van der Waals surface area (Å²) in [4.78, 5) is 25.2. The Kier molecular flexibility index (Phi) is 11.0. The maximum Gasteiger partial charge on any atom is 0.332 e. The lowest BCUT2D eigenvalue weighted by Crippen LogP contribution is -2.27. The van der Waals surface area contributed by atoms with Gasteiger partial charge < -0.3 is 34.0 Å². The summed E-state index contributed by atoms with van der Waals surface area (Å²) >= 11 is 0. The molecular formula is C37H41N3O9S. The molecule has 0 saturated carbocycles. The minimum absolute atomic E-state index is 0.00571. The molecule has 2 N–H and O–H groups in total. The molecule has 0 aliphatic heterocycles. The van der Waals surface area contributed by atoms with Gasteiger partial charge in [-0.1, -0.05) is 23.8 Å². The molecule has 50 heavy (non-hydrogen) atoms. The molecule has 0 spiro atoms. The molecule has 12 nitrogen and oxygen atoms in total. The van der Waals surface area contributed by atoms with Crippen molar-refractivity contribution >= 4 is 32.6 Å². The zero-order valence-electron chi connectivity index (χ0n) is 28.7. The first kappa shape index (κ1) is 36.2. The third kappa shape index (κ3) is 8.72. The van der Waals surface area contributed by atoms with Crippen LogP contribution in [-0.2, 0) is 36.1 Å². The summed E-state index contributed by atoms with van der Waals surface area (Å²) < 4.78 is 57.9. The number of aryl methyl sites for hydroxylation is 2. The molecule has 0 unspecified atom stereocenters. The number of fused-ring (bicyclic) bond motifs is 1. The number of ether oxygens (including phenoxy) is 5. The van der Waals surface area contributed by atoms with E-state index in [1.165, 1.54) is 22.9 Å². The standard InChI is InChI=1S/C37H41N3O9S/c1-25-9-12-29(13-10-25)50(43,44)40-16-15-30-32(23-39(5)36(42)35(30)40)31-21-26(38)11-14-33(31)48-28-8-6-7-27(22-28)47-20-19-45-17-18-46-24-34(41)49-37(2,3)4/h6-16,21-23H,17-20,24,38H2,1-5H3. The zero-order chi connectivity index (χ0) is 36.1. The summed E-state index contributed by atoms with van der Waals surface area (Å²) in [5, 5.41) is 0.423. The van der Waals surface area contributed by atoms with Crippen molar-refractivity contribution in [3.8, 4) is 28.4 Å². The van der Waals surface area contributed by atoms with Crippen LogP contribution in [0.3, 0.4) is 0 Å². The molecule has 0 aliphatic carbocycles. The van der Waals surface area contributed by atoms with Crippen LogP contribution in [0.1, 0.15) is 26.3 Å². The molecule has 0 saturated heterocycles. The summed E-state index contributed by atoms with van der Waals surface area (Å²) in [7, 11) is -2.51. The van der Waals surface area contributed by atoms with Gasteiger partial charge in [-0.3, -0.25) is 4.79 Å². The van der Waals surface area contributed by atoms with E-state index in [1.54, 1.807) is 94.7 Å². The summed E-state index contributed by atoms with van der Waals surface area (Å²) in [6.07, 6.45) is 3.02. The van der Waals surface area contributed by atoms with Crippen LogP contribution >= 0.6 is 0 Å². The molecule has 0 radical (unpaired) electrons. The Balaban J connectivity index is 1.30. The highest BCUT2D eigenvalue weighted by molar-refractivity contribution is 7.90. The van der Waals surface area contributed by atoms with Crippen LogP contribution in [0.5, 0.6) is 17.2 Å². The number of hydrogen-bond acceptors (Lipinski definition) is 10. The lowest BCUT2D eigenvalue weighted by atomic mass is 10.0. The molecule has 2 aromatic heterocycles. The number of esters is 1. The van der Waals surface area contributed by atoms with Gasteiger partial charge in [-0.2, -0.15) is 0 Å². The maximum absolute atomic E-state index is 13.7. The lowest BCUT2D eigenvalue weighted by Gasteiger charge is -2.19. The average Bonchev–Trinajstić information content (AvgIpc) is 3.51. The number of rotatable bonds is 14. The normalized spacial score (nSPS) is 11.9. The topological polar surface area (TPSA) is 150 Å². The van der Waals surface area contributed by atoms with Crippen molar-refractivity contribution in [3.05, 3.63) is 101 Å². The Morgan fingerprint density at radius 3 is 2.30 bits per heavy atom. The van der Waals surface area contributed by atoms with Gasteiger partial charge in [0.1, 0.15) is 41.6 Å². The van der Waals surface area contributed by atoms with E-state index in [9.17, 15) is 18.0 Å². The number of anilines is 1. The predicted octanol–water partition coefficient (Wildman–Crippen LogP) is 5.68. The number of hydrogen-bond donors (Lipinski definition) is 1. The molecule has 5 aromatic rings. The van der Waals surface area contributed by atoms with Crippen LogP contribution in [0.15, 0.2) is 94.9 Å². The first-order chi connectivity index (χ1) is 23.7. The first-order valence-corrected chi connectivity index (χ1v) is 17.4. The summed E-state index contributed by atoms with van der Waals surface area (Å²) in [5.74, 6) is 1.03. The van der Waals surface area contributed by atoms with E-state index in [0.717, 1.165) is 9.54 Å². The monoisotopic (exact) mass is 703 g/mol. The van der Waals surface area contributed by atoms with Crippen LogP contribution in [0.25, 0.3) is 22.0 Å². The third-order valence-corrected chi connectivity index (χ3v) is 9.09. The smallest absolute Gasteiger partial charge is 0.332 e. The van der Waals surface area contributed by atoms with Gasteiger partial charge in [0.2, 0.25) is 0 Å². The largest absolute Gasteiger partial charge is 0.491 e. The quantitative estimate of drug-likeness (QED) is 0.0869. The fraction of sp³-hybridized carbons (Fsp3) is 0.297. The molecule has 264 valence electrons. The highest BCUT2D eigenvalue weighted by Crippen LogP contribution is 2.39. The van der Waals surface area contributed by atoms with Gasteiger partial charge in [0.05, 0.1) is 24.7 Å². The molecule has 0 atom stereocenters. The van der Waals surface area contributed by atoms with Crippen LogP contribution in [0, 0.1) is 6.92 Å².